The third-order valence-electron chi connectivity index (χ3n) is 5.00. The van der Waals surface area contributed by atoms with E-state index in [1.54, 1.807) is 0 Å². The van der Waals surface area contributed by atoms with Crippen molar-refractivity contribution in [2.24, 2.45) is 0 Å². The first kappa shape index (κ1) is 24.6. The molecule has 1 fully saturated rings. The summed E-state index contributed by atoms with van der Waals surface area (Å²) in [6, 6.07) is 5.05. The lowest BCUT2D eigenvalue weighted by molar-refractivity contribution is -0.137. The first-order valence-electron chi connectivity index (χ1n) is 9.52. The quantitative estimate of drug-likeness (QED) is 0.577. The third kappa shape index (κ3) is 5.46. The number of anilines is 2. The molecule has 1 saturated heterocycles. The number of piperidine rings is 1. The molecule has 0 radical (unpaired) electrons. The van der Waals surface area contributed by atoms with Crippen LogP contribution in [0.4, 0.5) is 33.3 Å². The predicted octanol–water partition coefficient (Wildman–Crippen LogP) is 4.45. The van der Waals surface area contributed by atoms with Crippen molar-refractivity contribution in [2.45, 2.75) is 29.8 Å². The zero-order valence-electron chi connectivity index (χ0n) is 17.1. The smallest absolute Gasteiger partial charge is 0.416 e. The Morgan fingerprint density at radius 3 is 2.45 bits per heavy atom. The van der Waals surface area contributed by atoms with Gasteiger partial charge in [0, 0.05) is 13.0 Å². The highest BCUT2D eigenvalue weighted by Gasteiger charge is 2.37. The number of hydrogen-bond acceptors (Lipinski definition) is 5. The highest BCUT2D eigenvalue weighted by molar-refractivity contribution is 7.92. The van der Waals surface area contributed by atoms with E-state index in [1.807, 2.05) is 4.72 Å². The minimum absolute atomic E-state index is 0.0503. The maximum Gasteiger partial charge on any atom is 0.416 e. The number of aromatic carboxylic acids is 1. The van der Waals surface area contributed by atoms with Crippen LogP contribution in [0.2, 0.25) is 0 Å². The van der Waals surface area contributed by atoms with Crippen LogP contribution >= 0.6 is 0 Å². The summed E-state index contributed by atoms with van der Waals surface area (Å²) in [6.45, 7) is -0.724. The number of benzene rings is 2. The average molecular weight is 494 g/mol. The Kier molecular flexibility index (Phi) is 6.46. The van der Waals surface area contributed by atoms with Gasteiger partial charge in [0.1, 0.15) is 10.6 Å². The molecule has 0 saturated carbocycles. The Morgan fingerprint density at radius 2 is 1.88 bits per heavy atom. The van der Waals surface area contributed by atoms with E-state index in [1.165, 1.54) is 0 Å². The number of ether oxygens (including phenoxy) is 1. The number of alkyl halides is 5. The molecule has 180 valence electrons. The fourth-order valence-corrected chi connectivity index (χ4v) is 4.72. The number of halogens is 5. The maximum absolute atomic E-state index is 13.9. The van der Waals surface area contributed by atoms with Crippen molar-refractivity contribution >= 4 is 27.4 Å². The highest BCUT2D eigenvalue weighted by Crippen LogP contribution is 2.39. The summed E-state index contributed by atoms with van der Waals surface area (Å²) in [5.41, 5.74) is -2.35. The van der Waals surface area contributed by atoms with Crippen molar-refractivity contribution in [3.8, 4) is 5.75 Å². The fourth-order valence-electron chi connectivity index (χ4n) is 3.46. The molecule has 13 heteroatoms. The van der Waals surface area contributed by atoms with Gasteiger partial charge in [-0.15, -0.1) is 0 Å². The molecule has 0 atom stereocenters. The van der Waals surface area contributed by atoms with Crippen LogP contribution in [0.5, 0.6) is 5.75 Å². The summed E-state index contributed by atoms with van der Waals surface area (Å²) in [7, 11) is -3.56. The first-order valence-corrected chi connectivity index (χ1v) is 11.0. The van der Waals surface area contributed by atoms with Gasteiger partial charge in [-0.25, -0.2) is 22.0 Å². The van der Waals surface area contributed by atoms with Crippen LogP contribution in [0.25, 0.3) is 0 Å². The largest absolute Gasteiger partial charge is 0.495 e. The number of carbonyl (C=O) groups is 1. The molecular weight excluding hydrogens is 475 g/mol. The van der Waals surface area contributed by atoms with Gasteiger partial charge in [-0.2, -0.15) is 13.2 Å². The molecule has 3 rings (SSSR count). The van der Waals surface area contributed by atoms with Gasteiger partial charge < -0.3 is 14.7 Å². The highest BCUT2D eigenvalue weighted by atomic mass is 32.2. The first-order chi connectivity index (χ1) is 15.2. The molecule has 1 heterocycles. The van der Waals surface area contributed by atoms with Crippen molar-refractivity contribution in [1.29, 1.82) is 0 Å². The number of sulfonamides is 1. The summed E-state index contributed by atoms with van der Waals surface area (Å²) in [5, 5.41) is 9.16. The van der Waals surface area contributed by atoms with Crippen LogP contribution in [0, 0.1) is 0 Å². The molecule has 2 N–H and O–H groups in total. The molecule has 33 heavy (non-hydrogen) atoms. The van der Waals surface area contributed by atoms with Crippen molar-refractivity contribution < 1.29 is 45.0 Å². The van der Waals surface area contributed by atoms with E-state index in [-0.39, 0.29) is 24.4 Å². The Morgan fingerprint density at radius 1 is 1.18 bits per heavy atom. The van der Waals surface area contributed by atoms with Gasteiger partial charge in [0.25, 0.3) is 15.9 Å². The molecule has 0 aromatic heterocycles. The van der Waals surface area contributed by atoms with E-state index < -0.39 is 62.8 Å². The standard InChI is InChI=1S/C20H19F5N2O5S/c1-32-16-6-3-12(18(28)29)9-17(16)33(30,31)26-14-10-13(20(23,24)25)4-5-15(14)27-8-2-7-19(21,22)11-27/h3-6,9-10,26H,2,7-8,11H2,1H3,(H,28,29). The van der Waals surface area contributed by atoms with Crippen LogP contribution < -0.4 is 14.4 Å². The molecule has 0 aliphatic carbocycles. The number of carboxylic acids is 1. The molecule has 1 aliphatic rings. The van der Waals surface area contributed by atoms with Crippen molar-refractivity contribution in [3.63, 3.8) is 0 Å². The molecule has 2 aromatic carbocycles. The van der Waals surface area contributed by atoms with Crippen LogP contribution in [0.1, 0.15) is 28.8 Å². The average Bonchev–Trinajstić information content (AvgIpc) is 2.71. The molecule has 0 amide bonds. The summed E-state index contributed by atoms with van der Waals surface area (Å²) in [5.74, 6) is -4.80. The Bertz CT molecular complexity index is 1170. The molecule has 1 aliphatic heterocycles. The molecule has 0 unspecified atom stereocenters. The number of nitrogens with one attached hydrogen (secondary N) is 1. The minimum Gasteiger partial charge on any atom is -0.495 e. The summed E-state index contributed by atoms with van der Waals surface area (Å²) >= 11 is 0. The van der Waals surface area contributed by atoms with Crippen LogP contribution in [-0.4, -0.2) is 45.6 Å². The molecule has 2 aromatic rings. The normalized spacial score (nSPS) is 16.4. The Labute approximate surface area is 185 Å². The van der Waals surface area contributed by atoms with E-state index >= 15 is 0 Å². The van der Waals surface area contributed by atoms with E-state index in [9.17, 15) is 35.2 Å². The lowest BCUT2D eigenvalue weighted by Crippen LogP contribution is -2.43. The molecule has 7 nitrogen and oxygen atoms in total. The van der Waals surface area contributed by atoms with Gasteiger partial charge in [0.05, 0.1) is 36.2 Å². The van der Waals surface area contributed by atoms with Gasteiger partial charge >= 0.3 is 12.1 Å². The van der Waals surface area contributed by atoms with E-state index in [0.717, 1.165) is 36.3 Å². The van der Waals surface area contributed by atoms with Crippen molar-refractivity contribution in [1.82, 2.24) is 0 Å². The molecule has 0 bridgehead atoms. The van der Waals surface area contributed by atoms with Gasteiger partial charge in [-0.1, -0.05) is 0 Å². The number of methoxy groups -OCH3 is 1. The zero-order chi connectivity index (χ0) is 24.6. The lowest BCUT2D eigenvalue weighted by Gasteiger charge is -2.35. The van der Waals surface area contributed by atoms with Gasteiger partial charge in [0.15, 0.2) is 0 Å². The second-order valence-corrected chi connectivity index (χ2v) is 9.04. The van der Waals surface area contributed by atoms with Gasteiger partial charge in [-0.3, -0.25) is 4.72 Å². The maximum atomic E-state index is 13.9. The summed E-state index contributed by atoms with van der Waals surface area (Å²) < 4.78 is 101. The van der Waals surface area contributed by atoms with E-state index in [2.05, 4.69) is 0 Å². The number of rotatable bonds is 6. The van der Waals surface area contributed by atoms with Crippen molar-refractivity contribution in [2.75, 3.05) is 29.8 Å². The summed E-state index contributed by atoms with van der Waals surface area (Å²) in [6.07, 6.45) is -5.18. The summed E-state index contributed by atoms with van der Waals surface area (Å²) in [4.78, 5) is 11.7. The van der Waals surface area contributed by atoms with E-state index in [4.69, 9.17) is 9.84 Å². The molecular formula is C20H19F5N2O5S. The lowest BCUT2D eigenvalue weighted by atomic mass is 10.1. The number of carboxylic acid groups (broad SMARTS) is 1. The minimum atomic E-state index is -4.83. The van der Waals surface area contributed by atoms with Crippen LogP contribution in [-0.2, 0) is 16.2 Å². The second-order valence-electron chi connectivity index (χ2n) is 7.39. The Hall–Kier alpha value is -3.09. The monoisotopic (exact) mass is 494 g/mol. The zero-order valence-corrected chi connectivity index (χ0v) is 17.9. The SMILES string of the molecule is COc1ccc(C(=O)O)cc1S(=O)(=O)Nc1cc(C(F)(F)F)ccc1N1CCCC(F)(F)C1. The predicted molar refractivity (Wildman–Crippen MR) is 109 cm³/mol. The van der Waals surface area contributed by atoms with Gasteiger partial charge in [0.2, 0.25) is 0 Å². The van der Waals surface area contributed by atoms with Crippen molar-refractivity contribution in [3.05, 3.63) is 47.5 Å². The number of nitrogens with zero attached hydrogens (tertiary/aromatic N) is 1. The third-order valence-corrected chi connectivity index (χ3v) is 6.39. The van der Waals surface area contributed by atoms with Crippen LogP contribution in [0.3, 0.4) is 0 Å². The van der Waals surface area contributed by atoms with E-state index in [0.29, 0.717) is 12.1 Å². The second kappa shape index (κ2) is 8.69. The topological polar surface area (TPSA) is 95.9 Å². The van der Waals surface area contributed by atoms with Gasteiger partial charge in [-0.05, 0) is 42.8 Å². The number of hydrogen-bond donors (Lipinski definition) is 2. The molecule has 0 spiro atoms. The van der Waals surface area contributed by atoms with Crippen LogP contribution in [0.15, 0.2) is 41.3 Å². The fraction of sp³-hybridized carbons (Fsp3) is 0.350. The Balaban J connectivity index is 2.11.